The molecule has 2 fully saturated rings. The van der Waals surface area contributed by atoms with Crippen molar-refractivity contribution >= 4 is 11.7 Å². The van der Waals surface area contributed by atoms with Crippen molar-refractivity contribution in [2.45, 2.75) is 77.4 Å². The molecule has 0 radical (unpaired) electrons. The molecule has 0 bridgehead atoms. The van der Waals surface area contributed by atoms with Crippen molar-refractivity contribution in [3.05, 3.63) is 11.3 Å². The third-order valence-electron chi connectivity index (χ3n) is 4.93. The Morgan fingerprint density at radius 1 is 1.36 bits per heavy atom. The molecule has 0 spiro atoms. The molecule has 1 amide bonds. The molecule has 1 heterocycles. The normalized spacial score (nSPS) is 26.7. The predicted octanol–water partition coefficient (Wildman–Crippen LogP) is 3.52. The number of rotatable bonds is 5. The van der Waals surface area contributed by atoms with Crippen LogP contribution in [0, 0.1) is 12.8 Å². The zero-order valence-corrected chi connectivity index (χ0v) is 13.8. The maximum atomic E-state index is 12.3. The topological polar surface area (TPSA) is 67.0 Å². The summed E-state index contributed by atoms with van der Waals surface area (Å²) in [5.41, 5.74) is 2.24. The zero-order valence-electron chi connectivity index (χ0n) is 13.8. The lowest BCUT2D eigenvalue weighted by Crippen LogP contribution is -2.33. The Morgan fingerprint density at radius 2 is 2.14 bits per heavy atom. The molecule has 2 saturated carbocycles. The number of aromatic amines is 1. The minimum Gasteiger partial charge on any atom is -0.365 e. The monoisotopic (exact) mass is 305 g/mol. The third-order valence-corrected chi connectivity index (χ3v) is 4.93. The Labute approximate surface area is 132 Å². The standard InChI is InChI=1S/C17H27N3O2/c1-10-5-4-6-14(9-10)22-12(3)17(21)18-16-11(2)15(19-20-16)13-7-8-13/h10,12-14H,4-9H2,1-3H3,(H2,18,19,20,21)/t10-,12-,14+/m0/s1. The molecule has 3 rings (SSSR count). The van der Waals surface area contributed by atoms with E-state index < -0.39 is 6.10 Å². The van der Waals surface area contributed by atoms with Crippen molar-refractivity contribution in [2.24, 2.45) is 5.92 Å². The van der Waals surface area contributed by atoms with Gasteiger partial charge in [0.05, 0.1) is 6.10 Å². The summed E-state index contributed by atoms with van der Waals surface area (Å²) in [6.45, 7) is 6.10. The second kappa shape index (κ2) is 6.41. The average molecular weight is 305 g/mol. The van der Waals surface area contributed by atoms with Crippen LogP contribution >= 0.6 is 0 Å². The van der Waals surface area contributed by atoms with Crippen molar-refractivity contribution in [2.75, 3.05) is 5.32 Å². The smallest absolute Gasteiger partial charge is 0.254 e. The summed E-state index contributed by atoms with van der Waals surface area (Å²) in [5.74, 6) is 1.86. The van der Waals surface area contributed by atoms with E-state index in [1.807, 2.05) is 13.8 Å². The Balaban J connectivity index is 1.54. The molecule has 22 heavy (non-hydrogen) atoms. The number of hydrogen-bond donors (Lipinski definition) is 2. The number of carbonyl (C=O) groups excluding carboxylic acids is 1. The molecule has 0 unspecified atom stereocenters. The molecular formula is C17H27N3O2. The van der Waals surface area contributed by atoms with Gasteiger partial charge in [-0.15, -0.1) is 0 Å². The van der Waals surface area contributed by atoms with Gasteiger partial charge < -0.3 is 10.1 Å². The Hall–Kier alpha value is -1.36. The Bertz CT molecular complexity index is 536. The van der Waals surface area contributed by atoms with Crippen LogP contribution in [0.3, 0.4) is 0 Å². The molecule has 3 atom stereocenters. The van der Waals surface area contributed by atoms with Crippen molar-refractivity contribution in [1.82, 2.24) is 10.2 Å². The van der Waals surface area contributed by atoms with Crippen molar-refractivity contribution in [3.8, 4) is 0 Å². The minimum absolute atomic E-state index is 0.102. The summed E-state index contributed by atoms with van der Waals surface area (Å²) in [6, 6.07) is 0. The van der Waals surface area contributed by atoms with Gasteiger partial charge in [-0.3, -0.25) is 9.89 Å². The summed E-state index contributed by atoms with van der Waals surface area (Å²) in [6.07, 6.45) is 6.81. The van der Waals surface area contributed by atoms with Crippen LogP contribution in [0.1, 0.15) is 69.5 Å². The fourth-order valence-corrected chi connectivity index (χ4v) is 3.37. The Morgan fingerprint density at radius 3 is 2.82 bits per heavy atom. The zero-order chi connectivity index (χ0) is 15.7. The van der Waals surface area contributed by atoms with Gasteiger partial charge >= 0.3 is 0 Å². The van der Waals surface area contributed by atoms with Gasteiger partial charge in [0.1, 0.15) is 6.10 Å². The quantitative estimate of drug-likeness (QED) is 0.874. The van der Waals surface area contributed by atoms with Crippen LogP contribution in [-0.2, 0) is 9.53 Å². The first-order chi connectivity index (χ1) is 10.5. The number of amides is 1. The highest BCUT2D eigenvalue weighted by molar-refractivity contribution is 5.93. The van der Waals surface area contributed by atoms with E-state index in [9.17, 15) is 4.79 Å². The molecule has 5 heteroatoms. The van der Waals surface area contributed by atoms with E-state index in [1.165, 1.54) is 31.4 Å². The van der Waals surface area contributed by atoms with Crippen LogP contribution in [0.25, 0.3) is 0 Å². The predicted molar refractivity (Wildman–Crippen MR) is 85.9 cm³/mol. The molecular weight excluding hydrogens is 278 g/mol. The fourth-order valence-electron chi connectivity index (χ4n) is 3.37. The third kappa shape index (κ3) is 3.51. The van der Waals surface area contributed by atoms with Gasteiger partial charge in [-0.2, -0.15) is 5.10 Å². The largest absolute Gasteiger partial charge is 0.365 e. The fraction of sp³-hybridized carbons (Fsp3) is 0.765. The van der Waals surface area contributed by atoms with Crippen LogP contribution in [0.15, 0.2) is 0 Å². The van der Waals surface area contributed by atoms with E-state index in [0.717, 1.165) is 18.4 Å². The number of H-pyrrole nitrogens is 1. The van der Waals surface area contributed by atoms with Crippen LogP contribution in [0.4, 0.5) is 5.82 Å². The van der Waals surface area contributed by atoms with E-state index in [-0.39, 0.29) is 12.0 Å². The minimum atomic E-state index is -0.434. The molecule has 2 N–H and O–H groups in total. The Kier molecular flexibility index (Phi) is 4.52. The molecule has 122 valence electrons. The number of carbonyl (C=O) groups is 1. The van der Waals surface area contributed by atoms with Gasteiger partial charge in [0, 0.05) is 17.2 Å². The van der Waals surface area contributed by atoms with E-state index in [1.54, 1.807) is 0 Å². The lowest BCUT2D eigenvalue weighted by molar-refractivity contribution is -0.131. The lowest BCUT2D eigenvalue weighted by atomic mass is 9.88. The van der Waals surface area contributed by atoms with Crippen molar-refractivity contribution in [1.29, 1.82) is 0 Å². The first-order valence-electron chi connectivity index (χ1n) is 8.55. The summed E-state index contributed by atoms with van der Waals surface area (Å²) >= 11 is 0. The summed E-state index contributed by atoms with van der Waals surface area (Å²) in [4.78, 5) is 12.3. The van der Waals surface area contributed by atoms with E-state index >= 15 is 0 Å². The number of hydrogen-bond acceptors (Lipinski definition) is 3. The molecule has 0 saturated heterocycles. The number of aromatic nitrogens is 2. The highest BCUT2D eigenvalue weighted by Crippen LogP contribution is 2.41. The van der Waals surface area contributed by atoms with Gasteiger partial charge in [0.25, 0.3) is 5.91 Å². The van der Waals surface area contributed by atoms with E-state index in [4.69, 9.17) is 4.74 Å². The molecule has 0 aromatic carbocycles. The van der Waals surface area contributed by atoms with E-state index in [2.05, 4.69) is 22.4 Å². The molecule has 1 aromatic rings. The summed E-state index contributed by atoms with van der Waals surface area (Å²) in [5, 5.41) is 10.2. The van der Waals surface area contributed by atoms with Gasteiger partial charge in [0.15, 0.2) is 5.82 Å². The highest BCUT2D eigenvalue weighted by atomic mass is 16.5. The van der Waals surface area contributed by atoms with Crippen LogP contribution in [0.5, 0.6) is 0 Å². The van der Waals surface area contributed by atoms with Crippen molar-refractivity contribution < 1.29 is 9.53 Å². The molecule has 0 aliphatic heterocycles. The number of nitrogens with one attached hydrogen (secondary N) is 2. The number of ether oxygens (including phenoxy) is 1. The summed E-state index contributed by atoms with van der Waals surface area (Å²) < 4.78 is 5.95. The maximum Gasteiger partial charge on any atom is 0.254 e. The second-order valence-corrected chi connectivity index (χ2v) is 7.05. The number of nitrogens with zero attached hydrogens (tertiary/aromatic N) is 1. The first-order valence-corrected chi connectivity index (χ1v) is 8.55. The second-order valence-electron chi connectivity index (χ2n) is 7.05. The number of anilines is 1. The molecule has 1 aromatic heterocycles. The van der Waals surface area contributed by atoms with Crippen LogP contribution < -0.4 is 5.32 Å². The summed E-state index contributed by atoms with van der Waals surface area (Å²) in [7, 11) is 0. The molecule has 2 aliphatic rings. The van der Waals surface area contributed by atoms with Crippen LogP contribution in [0.2, 0.25) is 0 Å². The van der Waals surface area contributed by atoms with Gasteiger partial charge in [-0.1, -0.05) is 19.8 Å². The lowest BCUT2D eigenvalue weighted by Gasteiger charge is -2.28. The van der Waals surface area contributed by atoms with Crippen molar-refractivity contribution in [3.63, 3.8) is 0 Å². The maximum absolute atomic E-state index is 12.3. The molecule has 5 nitrogen and oxygen atoms in total. The highest BCUT2D eigenvalue weighted by Gasteiger charge is 2.29. The average Bonchev–Trinajstić information content (AvgIpc) is 3.25. The van der Waals surface area contributed by atoms with Gasteiger partial charge in [0.2, 0.25) is 0 Å². The SMILES string of the molecule is Cc1c(NC(=O)[C@H](C)O[C@@H]2CCC[C@H](C)C2)n[nH]c1C1CC1. The van der Waals surface area contributed by atoms with Gasteiger partial charge in [-0.05, 0) is 45.4 Å². The first kappa shape index (κ1) is 15.5. The molecule has 2 aliphatic carbocycles. The van der Waals surface area contributed by atoms with E-state index in [0.29, 0.717) is 17.7 Å². The van der Waals surface area contributed by atoms with Gasteiger partial charge in [-0.25, -0.2) is 0 Å². The van der Waals surface area contributed by atoms with Crippen LogP contribution in [-0.4, -0.2) is 28.3 Å².